The van der Waals surface area contributed by atoms with Crippen molar-refractivity contribution in [3.05, 3.63) is 58.8 Å². The SMILES string of the molecule is CC(SCC(=O)Nc1ccc(F)cc1)C(=O)OCC(=O)Nc1cccc(Br)c1. The molecule has 0 spiro atoms. The van der Waals surface area contributed by atoms with Crippen LogP contribution in [0.4, 0.5) is 15.8 Å². The van der Waals surface area contributed by atoms with E-state index in [1.165, 1.54) is 24.3 Å². The topological polar surface area (TPSA) is 84.5 Å². The molecule has 0 bridgehead atoms. The quantitative estimate of drug-likeness (QED) is 0.575. The van der Waals surface area contributed by atoms with Gasteiger partial charge in [-0.25, -0.2) is 4.39 Å². The van der Waals surface area contributed by atoms with Crippen molar-refractivity contribution in [2.24, 2.45) is 0 Å². The summed E-state index contributed by atoms with van der Waals surface area (Å²) in [6, 6.07) is 12.4. The van der Waals surface area contributed by atoms with Crippen LogP contribution in [0, 0.1) is 5.82 Å². The van der Waals surface area contributed by atoms with Crippen LogP contribution in [-0.2, 0) is 19.1 Å². The molecule has 0 aromatic heterocycles. The van der Waals surface area contributed by atoms with Crippen molar-refractivity contribution in [3.63, 3.8) is 0 Å². The number of halogens is 2. The lowest BCUT2D eigenvalue weighted by Crippen LogP contribution is -2.26. The number of esters is 1. The van der Waals surface area contributed by atoms with Gasteiger partial charge < -0.3 is 15.4 Å². The number of carbonyl (C=O) groups excluding carboxylic acids is 3. The zero-order valence-electron chi connectivity index (χ0n) is 14.9. The van der Waals surface area contributed by atoms with Crippen LogP contribution >= 0.6 is 27.7 Å². The Morgan fingerprint density at radius 2 is 1.75 bits per heavy atom. The van der Waals surface area contributed by atoms with Crippen molar-refractivity contribution in [2.45, 2.75) is 12.2 Å². The lowest BCUT2D eigenvalue weighted by atomic mass is 10.3. The monoisotopic (exact) mass is 468 g/mol. The third kappa shape index (κ3) is 7.69. The maximum absolute atomic E-state index is 12.8. The smallest absolute Gasteiger partial charge is 0.319 e. The number of ether oxygens (including phenoxy) is 1. The molecule has 28 heavy (non-hydrogen) atoms. The van der Waals surface area contributed by atoms with E-state index in [1.807, 2.05) is 6.07 Å². The fourth-order valence-corrected chi connectivity index (χ4v) is 3.09. The molecule has 0 aliphatic carbocycles. The summed E-state index contributed by atoms with van der Waals surface area (Å²) in [4.78, 5) is 35.7. The van der Waals surface area contributed by atoms with Gasteiger partial charge >= 0.3 is 5.97 Å². The van der Waals surface area contributed by atoms with Gasteiger partial charge in [-0.2, -0.15) is 0 Å². The second kappa shape index (κ2) is 10.8. The second-order valence-electron chi connectivity index (χ2n) is 5.67. The molecule has 0 radical (unpaired) electrons. The first-order valence-corrected chi connectivity index (χ1v) is 10.1. The van der Waals surface area contributed by atoms with E-state index in [1.54, 1.807) is 25.1 Å². The highest BCUT2D eigenvalue weighted by atomic mass is 79.9. The highest BCUT2D eigenvalue weighted by molar-refractivity contribution is 9.10. The first kappa shape index (κ1) is 21.9. The molecule has 2 N–H and O–H groups in total. The predicted octanol–water partition coefficient (Wildman–Crippen LogP) is 3.83. The molecule has 148 valence electrons. The molecule has 0 fully saturated rings. The van der Waals surface area contributed by atoms with Crippen LogP contribution in [0.15, 0.2) is 53.0 Å². The van der Waals surface area contributed by atoms with Gasteiger partial charge in [0.2, 0.25) is 5.91 Å². The summed E-state index contributed by atoms with van der Waals surface area (Å²) in [7, 11) is 0. The van der Waals surface area contributed by atoms with Gasteiger partial charge in [0, 0.05) is 15.8 Å². The minimum Gasteiger partial charge on any atom is -0.455 e. The van der Waals surface area contributed by atoms with Gasteiger partial charge in [-0.05, 0) is 49.4 Å². The molecule has 1 atom stereocenters. The van der Waals surface area contributed by atoms with E-state index in [0.29, 0.717) is 11.4 Å². The average molecular weight is 469 g/mol. The van der Waals surface area contributed by atoms with Gasteiger partial charge in [0.25, 0.3) is 5.91 Å². The molecule has 0 aliphatic heterocycles. The Morgan fingerprint density at radius 1 is 1.07 bits per heavy atom. The number of hydrogen-bond acceptors (Lipinski definition) is 5. The normalized spacial score (nSPS) is 11.4. The van der Waals surface area contributed by atoms with Crippen LogP contribution in [0.5, 0.6) is 0 Å². The molecule has 6 nitrogen and oxygen atoms in total. The largest absolute Gasteiger partial charge is 0.455 e. The zero-order valence-corrected chi connectivity index (χ0v) is 17.3. The molecule has 0 aliphatic rings. The molecule has 2 rings (SSSR count). The summed E-state index contributed by atoms with van der Waals surface area (Å²) in [6.45, 7) is 1.17. The predicted molar refractivity (Wildman–Crippen MR) is 111 cm³/mol. The zero-order chi connectivity index (χ0) is 20.5. The minimum atomic E-state index is -0.627. The molecule has 1 unspecified atom stereocenters. The van der Waals surface area contributed by atoms with Gasteiger partial charge in [-0.3, -0.25) is 14.4 Å². The van der Waals surface area contributed by atoms with Crippen LogP contribution < -0.4 is 10.6 Å². The number of benzene rings is 2. The molecular weight excluding hydrogens is 451 g/mol. The van der Waals surface area contributed by atoms with E-state index < -0.39 is 29.6 Å². The number of rotatable bonds is 8. The number of anilines is 2. The Balaban J connectivity index is 1.69. The summed E-state index contributed by atoms with van der Waals surface area (Å²) >= 11 is 4.37. The number of amides is 2. The van der Waals surface area contributed by atoms with Crippen LogP contribution in [0.3, 0.4) is 0 Å². The maximum Gasteiger partial charge on any atom is 0.319 e. The Kier molecular flexibility index (Phi) is 8.46. The summed E-state index contributed by atoms with van der Waals surface area (Å²) < 4.78 is 18.6. The van der Waals surface area contributed by atoms with E-state index in [2.05, 4.69) is 26.6 Å². The van der Waals surface area contributed by atoms with E-state index in [-0.39, 0.29) is 11.7 Å². The molecule has 2 aromatic rings. The van der Waals surface area contributed by atoms with Gasteiger partial charge in [-0.15, -0.1) is 11.8 Å². The van der Waals surface area contributed by atoms with E-state index in [9.17, 15) is 18.8 Å². The number of nitrogens with one attached hydrogen (secondary N) is 2. The summed E-state index contributed by atoms with van der Waals surface area (Å²) in [6.07, 6.45) is 0. The number of hydrogen-bond donors (Lipinski definition) is 2. The first-order valence-electron chi connectivity index (χ1n) is 8.22. The Bertz CT molecular complexity index is 848. The van der Waals surface area contributed by atoms with E-state index in [0.717, 1.165) is 16.2 Å². The second-order valence-corrected chi connectivity index (χ2v) is 7.92. The van der Waals surface area contributed by atoms with E-state index >= 15 is 0 Å². The van der Waals surface area contributed by atoms with Crippen molar-refractivity contribution in [3.8, 4) is 0 Å². The molecule has 0 saturated heterocycles. The lowest BCUT2D eigenvalue weighted by molar-refractivity contribution is -0.146. The third-order valence-corrected chi connectivity index (χ3v) is 4.99. The summed E-state index contributed by atoms with van der Waals surface area (Å²) in [5, 5.41) is 4.59. The molecule has 9 heteroatoms. The van der Waals surface area contributed by atoms with Crippen LogP contribution in [-0.4, -0.2) is 35.4 Å². The highest BCUT2D eigenvalue weighted by Gasteiger charge is 2.18. The highest BCUT2D eigenvalue weighted by Crippen LogP contribution is 2.16. The van der Waals surface area contributed by atoms with Gasteiger partial charge in [-0.1, -0.05) is 22.0 Å². The van der Waals surface area contributed by atoms with Crippen LogP contribution in [0.1, 0.15) is 6.92 Å². The molecule has 2 amide bonds. The Morgan fingerprint density at radius 3 is 2.43 bits per heavy atom. The molecule has 2 aromatic carbocycles. The van der Waals surface area contributed by atoms with Gasteiger partial charge in [0.1, 0.15) is 11.1 Å². The van der Waals surface area contributed by atoms with Gasteiger partial charge in [0.05, 0.1) is 5.75 Å². The lowest BCUT2D eigenvalue weighted by Gasteiger charge is -2.12. The average Bonchev–Trinajstić information content (AvgIpc) is 2.66. The molecule has 0 saturated carbocycles. The molecular formula is C19H18BrFN2O4S. The fraction of sp³-hybridized carbons (Fsp3) is 0.211. The number of thioether (sulfide) groups is 1. The standard InChI is InChI=1S/C19H18BrFN2O4S/c1-12(28-11-18(25)22-15-7-5-14(21)6-8-15)19(26)27-10-17(24)23-16-4-2-3-13(20)9-16/h2-9,12H,10-11H2,1H3,(H,22,25)(H,23,24). The number of carbonyl (C=O) groups is 3. The summed E-state index contributed by atoms with van der Waals surface area (Å²) in [5.74, 6) is -1.77. The first-order chi connectivity index (χ1) is 13.3. The Hall–Kier alpha value is -2.39. The van der Waals surface area contributed by atoms with Crippen molar-refractivity contribution < 1.29 is 23.5 Å². The van der Waals surface area contributed by atoms with E-state index in [4.69, 9.17) is 4.74 Å². The van der Waals surface area contributed by atoms with Crippen molar-refractivity contribution in [1.82, 2.24) is 0 Å². The van der Waals surface area contributed by atoms with Crippen molar-refractivity contribution >= 4 is 56.9 Å². The van der Waals surface area contributed by atoms with Crippen LogP contribution in [0.25, 0.3) is 0 Å². The fourth-order valence-electron chi connectivity index (χ4n) is 2.02. The molecule has 0 heterocycles. The third-order valence-electron chi connectivity index (χ3n) is 3.38. The minimum absolute atomic E-state index is 0.0118. The Labute approximate surface area is 174 Å². The van der Waals surface area contributed by atoms with Crippen molar-refractivity contribution in [2.75, 3.05) is 23.0 Å². The summed E-state index contributed by atoms with van der Waals surface area (Å²) in [5.41, 5.74) is 1.04. The van der Waals surface area contributed by atoms with Crippen molar-refractivity contribution in [1.29, 1.82) is 0 Å². The van der Waals surface area contributed by atoms with Gasteiger partial charge in [0.15, 0.2) is 6.61 Å². The van der Waals surface area contributed by atoms with Crippen LogP contribution in [0.2, 0.25) is 0 Å². The maximum atomic E-state index is 12.8.